The summed E-state index contributed by atoms with van der Waals surface area (Å²) >= 11 is 0. The van der Waals surface area contributed by atoms with E-state index in [0.29, 0.717) is 31.9 Å². The van der Waals surface area contributed by atoms with Gasteiger partial charge in [0.25, 0.3) is 5.91 Å². The molecule has 3 N–H and O–H groups in total. The van der Waals surface area contributed by atoms with Crippen LogP contribution in [0.4, 0.5) is 4.39 Å². The highest BCUT2D eigenvalue weighted by Crippen LogP contribution is 2.16. The van der Waals surface area contributed by atoms with Crippen molar-refractivity contribution < 1.29 is 18.7 Å². The molecule has 0 aliphatic carbocycles. The lowest BCUT2D eigenvalue weighted by molar-refractivity contribution is -0.124. The fourth-order valence-corrected chi connectivity index (χ4v) is 2.28. The predicted octanol–water partition coefficient (Wildman–Crippen LogP) is 1.00. The zero-order chi connectivity index (χ0) is 15.1. The standard InChI is InChI=1S/C15H21FN2O3/c16-12-7-11(1-4-17)8-14(9-12)21-10-15(19)18-13-2-5-20-6-3-13/h7-9,13H,1-6,10,17H2,(H,18,19). The molecular formula is C15H21FN2O3. The van der Waals surface area contributed by atoms with Gasteiger partial charge < -0.3 is 20.5 Å². The zero-order valence-corrected chi connectivity index (χ0v) is 11.9. The fraction of sp³-hybridized carbons (Fsp3) is 0.533. The average molecular weight is 296 g/mol. The third kappa shape index (κ3) is 5.32. The molecule has 0 bridgehead atoms. The molecule has 0 aromatic heterocycles. The van der Waals surface area contributed by atoms with Crippen molar-refractivity contribution in [1.82, 2.24) is 5.32 Å². The molecule has 1 heterocycles. The van der Waals surface area contributed by atoms with Crippen LogP contribution in [0.5, 0.6) is 5.75 Å². The van der Waals surface area contributed by atoms with E-state index in [1.54, 1.807) is 6.07 Å². The van der Waals surface area contributed by atoms with Crippen molar-refractivity contribution in [3.05, 3.63) is 29.6 Å². The second-order valence-electron chi connectivity index (χ2n) is 5.08. The Hall–Kier alpha value is -1.66. The van der Waals surface area contributed by atoms with Gasteiger partial charge in [0.15, 0.2) is 6.61 Å². The van der Waals surface area contributed by atoms with Crippen molar-refractivity contribution in [3.8, 4) is 5.75 Å². The van der Waals surface area contributed by atoms with Crippen molar-refractivity contribution in [1.29, 1.82) is 0 Å². The largest absolute Gasteiger partial charge is 0.484 e. The van der Waals surface area contributed by atoms with Gasteiger partial charge in [-0.1, -0.05) is 0 Å². The third-order valence-electron chi connectivity index (χ3n) is 3.32. The Morgan fingerprint density at radius 3 is 2.86 bits per heavy atom. The minimum absolute atomic E-state index is 0.122. The summed E-state index contributed by atoms with van der Waals surface area (Å²) in [7, 11) is 0. The summed E-state index contributed by atoms with van der Waals surface area (Å²) in [5.41, 5.74) is 6.21. The molecule has 0 unspecified atom stereocenters. The van der Waals surface area contributed by atoms with E-state index in [2.05, 4.69) is 5.32 Å². The maximum atomic E-state index is 13.4. The van der Waals surface area contributed by atoms with E-state index in [-0.39, 0.29) is 24.4 Å². The lowest BCUT2D eigenvalue weighted by Gasteiger charge is -2.23. The summed E-state index contributed by atoms with van der Waals surface area (Å²) in [6.45, 7) is 1.65. The number of nitrogens with one attached hydrogen (secondary N) is 1. The Morgan fingerprint density at radius 2 is 2.14 bits per heavy atom. The highest BCUT2D eigenvalue weighted by molar-refractivity contribution is 5.77. The number of carbonyl (C=O) groups is 1. The molecule has 1 aliphatic heterocycles. The number of nitrogens with two attached hydrogens (primary N) is 1. The van der Waals surface area contributed by atoms with Crippen molar-refractivity contribution in [2.75, 3.05) is 26.4 Å². The third-order valence-corrected chi connectivity index (χ3v) is 3.32. The highest BCUT2D eigenvalue weighted by atomic mass is 19.1. The minimum atomic E-state index is -0.388. The molecule has 6 heteroatoms. The van der Waals surface area contributed by atoms with Gasteiger partial charge in [0.05, 0.1) is 0 Å². The quantitative estimate of drug-likeness (QED) is 0.821. The summed E-state index contributed by atoms with van der Waals surface area (Å²) < 4.78 is 24.0. The molecule has 5 nitrogen and oxygen atoms in total. The molecule has 0 spiro atoms. The number of halogens is 1. The normalized spacial score (nSPS) is 15.7. The molecule has 0 saturated carbocycles. The SMILES string of the molecule is NCCc1cc(F)cc(OCC(=O)NC2CCOCC2)c1. The second kappa shape index (κ2) is 7.95. The van der Waals surface area contributed by atoms with Crippen molar-refractivity contribution in [2.24, 2.45) is 5.73 Å². The van der Waals surface area contributed by atoms with E-state index in [0.717, 1.165) is 18.4 Å². The van der Waals surface area contributed by atoms with Crippen LogP contribution in [0.2, 0.25) is 0 Å². The molecule has 21 heavy (non-hydrogen) atoms. The van der Waals surface area contributed by atoms with Crippen LogP contribution >= 0.6 is 0 Å². The van der Waals surface area contributed by atoms with Gasteiger partial charge in [-0.2, -0.15) is 0 Å². The molecule has 1 aromatic carbocycles. The lowest BCUT2D eigenvalue weighted by Crippen LogP contribution is -2.41. The van der Waals surface area contributed by atoms with Crippen LogP contribution in [0.3, 0.4) is 0 Å². The monoisotopic (exact) mass is 296 g/mol. The number of amides is 1. The smallest absolute Gasteiger partial charge is 0.258 e. The highest BCUT2D eigenvalue weighted by Gasteiger charge is 2.16. The van der Waals surface area contributed by atoms with Crippen LogP contribution in [-0.2, 0) is 16.0 Å². The molecule has 1 saturated heterocycles. The number of ether oxygens (including phenoxy) is 2. The summed E-state index contributed by atoms with van der Waals surface area (Å²) in [5, 5.41) is 2.89. The minimum Gasteiger partial charge on any atom is -0.484 e. The van der Waals surface area contributed by atoms with E-state index < -0.39 is 0 Å². The van der Waals surface area contributed by atoms with Gasteiger partial charge in [0.1, 0.15) is 11.6 Å². The number of hydrogen-bond acceptors (Lipinski definition) is 4. The van der Waals surface area contributed by atoms with Crippen LogP contribution < -0.4 is 15.8 Å². The Bertz CT molecular complexity index is 476. The first kappa shape index (κ1) is 15.7. The predicted molar refractivity (Wildman–Crippen MR) is 76.6 cm³/mol. The van der Waals surface area contributed by atoms with Crippen molar-refractivity contribution in [2.45, 2.75) is 25.3 Å². The zero-order valence-electron chi connectivity index (χ0n) is 11.9. The van der Waals surface area contributed by atoms with Gasteiger partial charge in [-0.3, -0.25) is 4.79 Å². The van der Waals surface area contributed by atoms with Crippen LogP contribution in [0.25, 0.3) is 0 Å². The maximum Gasteiger partial charge on any atom is 0.258 e. The van der Waals surface area contributed by atoms with Crippen molar-refractivity contribution in [3.63, 3.8) is 0 Å². The summed E-state index contributed by atoms with van der Waals surface area (Å²) in [6, 6.07) is 4.52. The average Bonchev–Trinajstić information content (AvgIpc) is 2.46. The molecule has 116 valence electrons. The van der Waals surface area contributed by atoms with Crippen LogP contribution in [0.1, 0.15) is 18.4 Å². The van der Waals surface area contributed by atoms with Gasteiger partial charge in [-0.15, -0.1) is 0 Å². The number of benzene rings is 1. The van der Waals surface area contributed by atoms with E-state index in [9.17, 15) is 9.18 Å². The van der Waals surface area contributed by atoms with Gasteiger partial charge in [-0.25, -0.2) is 4.39 Å². The molecule has 0 atom stereocenters. The Morgan fingerprint density at radius 1 is 1.38 bits per heavy atom. The number of rotatable bonds is 6. The van der Waals surface area contributed by atoms with Gasteiger partial charge in [0.2, 0.25) is 0 Å². The van der Waals surface area contributed by atoms with Gasteiger partial charge in [0, 0.05) is 25.3 Å². The topological polar surface area (TPSA) is 73.6 Å². The molecular weight excluding hydrogens is 275 g/mol. The first-order valence-corrected chi connectivity index (χ1v) is 7.17. The lowest BCUT2D eigenvalue weighted by atomic mass is 10.1. The van der Waals surface area contributed by atoms with Crippen molar-refractivity contribution >= 4 is 5.91 Å². The van der Waals surface area contributed by atoms with E-state index in [4.69, 9.17) is 15.2 Å². The maximum absolute atomic E-state index is 13.4. The second-order valence-corrected chi connectivity index (χ2v) is 5.08. The Labute approximate surface area is 123 Å². The van der Waals surface area contributed by atoms with E-state index in [1.165, 1.54) is 12.1 Å². The number of hydrogen-bond donors (Lipinski definition) is 2. The van der Waals surface area contributed by atoms with Gasteiger partial charge in [-0.05, 0) is 43.5 Å². The Kier molecular flexibility index (Phi) is 5.95. The Balaban J connectivity index is 1.82. The van der Waals surface area contributed by atoms with Crippen LogP contribution in [0.15, 0.2) is 18.2 Å². The first-order chi connectivity index (χ1) is 10.2. The van der Waals surface area contributed by atoms with Crippen LogP contribution in [0, 0.1) is 5.82 Å². The molecule has 1 amide bonds. The van der Waals surface area contributed by atoms with E-state index in [1.807, 2.05) is 0 Å². The molecule has 1 aliphatic rings. The fourth-order valence-electron chi connectivity index (χ4n) is 2.28. The molecule has 0 radical (unpaired) electrons. The molecule has 1 fully saturated rings. The molecule has 1 aromatic rings. The summed E-state index contributed by atoms with van der Waals surface area (Å²) in [6.07, 6.45) is 2.20. The van der Waals surface area contributed by atoms with Gasteiger partial charge >= 0.3 is 0 Å². The summed E-state index contributed by atoms with van der Waals surface area (Å²) in [4.78, 5) is 11.8. The summed E-state index contributed by atoms with van der Waals surface area (Å²) in [5.74, 6) is -0.243. The van der Waals surface area contributed by atoms with E-state index >= 15 is 0 Å². The first-order valence-electron chi connectivity index (χ1n) is 7.17. The molecule has 2 rings (SSSR count). The van der Waals surface area contributed by atoms with Crippen LogP contribution in [-0.4, -0.2) is 38.3 Å². The number of carbonyl (C=O) groups excluding carboxylic acids is 1.